The van der Waals surface area contributed by atoms with E-state index in [1.807, 2.05) is 4.83 Å². The fourth-order valence-electron chi connectivity index (χ4n) is 1.72. The lowest BCUT2D eigenvalue weighted by molar-refractivity contribution is -0.137. The van der Waals surface area contributed by atoms with E-state index in [2.05, 4.69) is 10.4 Å². The highest BCUT2D eigenvalue weighted by Crippen LogP contribution is 2.28. The number of nitrogens with one attached hydrogen (secondary N) is 2. The minimum atomic E-state index is -4.53. The van der Waals surface area contributed by atoms with Crippen LogP contribution in [0.4, 0.5) is 23.4 Å². The fourth-order valence-corrected chi connectivity index (χ4v) is 2.80. The van der Waals surface area contributed by atoms with Gasteiger partial charge in [-0.2, -0.15) is 13.2 Å². The van der Waals surface area contributed by atoms with Gasteiger partial charge in [0.1, 0.15) is 11.6 Å². The molecule has 1 aromatic heterocycles. The molecule has 1 aromatic carbocycles. The maximum atomic E-state index is 13.0. The molecule has 0 atom stereocenters. The molecule has 0 unspecified atom stereocenters. The number of alkyl halides is 3. The molecule has 10 heteroatoms. The Hall–Kier alpha value is -2.20. The van der Waals surface area contributed by atoms with Crippen LogP contribution < -0.4 is 10.3 Å². The van der Waals surface area contributed by atoms with Gasteiger partial charge in [-0.3, -0.25) is 5.43 Å². The Labute approximate surface area is 129 Å². The summed E-state index contributed by atoms with van der Waals surface area (Å²) in [5, 5.41) is 0. The van der Waals surface area contributed by atoms with Gasteiger partial charge in [-0.1, -0.05) is 0 Å². The molecular weight excluding hydrogens is 338 g/mol. The van der Waals surface area contributed by atoms with E-state index in [0.717, 1.165) is 30.3 Å². The van der Waals surface area contributed by atoms with Crippen molar-refractivity contribution in [3.05, 3.63) is 53.5 Å². The molecule has 5 nitrogen and oxygen atoms in total. The quantitative estimate of drug-likeness (QED) is 0.658. The lowest BCUT2D eigenvalue weighted by atomic mass is 10.2. The fraction of sp³-hybridized carbons (Fsp3) is 0.154. The zero-order chi connectivity index (χ0) is 17.3. The molecule has 0 bridgehead atoms. The molecule has 0 amide bonds. The van der Waals surface area contributed by atoms with Crippen LogP contribution in [0.5, 0.6) is 0 Å². The molecule has 0 aliphatic carbocycles. The first kappa shape index (κ1) is 17.2. The summed E-state index contributed by atoms with van der Waals surface area (Å²) in [6.45, 7) is 1.41. The highest BCUT2D eigenvalue weighted by atomic mass is 32.2. The van der Waals surface area contributed by atoms with Crippen LogP contribution in [0.15, 0.2) is 41.4 Å². The minimum Gasteiger partial charge on any atom is -0.292 e. The van der Waals surface area contributed by atoms with Crippen LogP contribution in [-0.4, -0.2) is 13.4 Å². The van der Waals surface area contributed by atoms with Crippen LogP contribution in [0.25, 0.3) is 0 Å². The van der Waals surface area contributed by atoms with Crippen LogP contribution in [0, 0.1) is 12.7 Å². The van der Waals surface area contributed by atoms with Crippen molar-refractivity contribution < 1.29 is 26.0 Å². The highest BCUT2D eigenvalue weighted by Gasteiger charge is 2.30. The summed E-state index contributed by atoms with van der Waals surface area (Å²) in [6.07, 6.45) is -3.96. The largest absolute Gasteiger partial charge is 0.417 e. The van der Waals surface area contributed by atoms with Gasteiger partial charge in [-0.15, -0.1) is 4.83 Å². The normalized spacial score (nSPS) is 12.2. The van der Waals surface area contributed by atoms with Gasteiger partial charge in [0.2, 0.25) is 0 Å². The number of benzene rings is 1. The van der Waals surface area contributed by atoms with Crippen molar-refractivity contribution in [1.82, 2.24) is 9.82 Å². The third-order valence-electron chi connectivity index (χ3n) is 2.83. The van der Waals surface area contributed by atoms with E-state index in [4.69, 9.17) is 0 Å². The van der Waals surface area contributed by atoms with Gasteiger partial charge in [0.15, 0.2) is 0 Å². The van der Waals surface area contributed by atoms with Crippen molar-refractivity contribution in [2.24, 2.45) is 0 Å². The maximum absolute atomic E-state index is 13.0. The summed E-state index contributed by atoms with van der Waals surface area (Å²) in [5.41, 5.74) is 1.42. The Balaban J connectivity index is 2.13. The van der Waals surface area contributed by atoms with Gasteiger partial charge in [-0.05, 0) is 42.8 Å². The number of aryl methyl sites for hydroxylation is 1. The zero-order valence-electron chi connectivity index (χ0n) is 11.6. The number of aromatic nitrogens is 1. The van der Waals surface area contributed by atoms with Crippen LogP contribution in [-0.2, 0) is 16.2 Å². The number of hydrogen-bond acceptors (Lipinski definition) is 4. The van der Waals surface area contributed by atoms with Crippen LogP contribution >= 0.6 is 0 Å². The van der Waals surface area contributed by atoms with E-state index in [1.165, 1.54) is 6.92 Å². The lowest BCUT2D eigenvalue weighted by Gasteiger charge is -2.11. The maximum Gasteiger partial charge on any atom is 0.417 e. The Bertz CT molecular complexity index is 805. The average Bonchev–Trinajstić information content (AvgIpc) is 2.44. The topological polar surface area (TPSA) is 71.1 Å². The third-order valence-corrected chi connectivity index (χ3v) is 4.24. The third kappa shape index (κ3) is 4.17. The van der Waals surface area contributed by atoms with E-state index in [0.29, 0.717) is 6.20 Å². The summed E-state index contributed by atoms with van der Waals surface area (Å²) >= 11 is 0. The first-order chi connectivity index (χ1) is 10.6. The van der Waals surface area contributed by atoms with Gasteiger partial charge in [0, 0.05) is 6.20 Å². The van der Waals surface area contributed by atoms with Crippen molar-refractivity contribution >= 4 is 15.8 Å². The minimum absolute atomic E-state index is 0.124. The number of hydrogen-bond donors (Lipinski definition) is 2. The number of halogens is 4. The standard InChI is InChI=1S/C13H11F4N3O2S/c1-8-6-10(14)3-4-11(8)23(21,22)20-19-12-5-2-9(7-18-12)13(15,16)17/h2-7,20H,1H3,(H,18,19). The van der Waals surface area contributed by atoms with Gasteiger partial charge in [0.25, 0.3) is 10.0 Å². The predicted octanol–water partition coefficient (Wildman–Crippen LogP) is 2.85. The molecular formula is C13H11F4N3O2S. The molecule has 23 heavy (non-hydrogen) atoms. The van der Waals surface area contributed by atoms with E-state index in [1.54, 1.807) is 0 Å². The Morgan fingerprint density at radius 1 is 1.13 bits per heavy atom. The van der Waals surface area contributed by atoms with Crippen molar-refractivity contribution in [1.29, 1.82) is 0 Å². The first-order valence-corrected chi connectivity index (χ1v) is 7.65. The number of nitrogens with zero attached hydrogens (tertiary/aromatic N) is 1. The number of pyridine rings is 1. The van der Waals surface area contributed by atoms with E-state index in [9.17, 15) is 26.0 Å². The molecule has 0 spiro atoms. The highest BCUT2D eigenvalue weighted by molar-refractivity contribution is 7.89. The molecule has 0 radical (unpaired) electrons. The molecule has 0 saturated heterocycles. The zero-order valence-corrected chi connectivity index (χ0v) is 12.5. The van der Waals surface area contributed by atoms with Crippen molar-refractivity contribution in [2.75, 3.05) is 5.43 Å². The summed E-state index contributed by atoms with van der Waals surface area (Å²) in [5.74, 6) is -0.708. The second kappa shape index (κ2) is 6.13. The summed E-state index contributed by atoms with van der Waals surface area (Å²) in [7, 11) is -4.03. The van der Waals surface area contributed by atoms with E-state index >= 15 is 0 Å². The van der Waals surface area contributed by atoms with Gasteiger partial charge in [-0.25, -0.2) is 17.8 Å². The molecule has 0 saturated carbocycles. The van der Waals surface area contributed by atoms with Gasteiger partial charge >= 0.3 is 6.18 Å². The second-order valence-corrected chi connectivity index (χ2v) is 6.22. The van der Waals surface area contributed by atoms with Crippen LogP contribution in [0.3, 0.4) is 0 Å². The van der Waals surface area contributed by atoms with Crippen molar-refractivity contribution in [2.45, 2.75) is 18.0 Å². The van der Waals surface area contributed by atoms with Crippen molar-refractivity contribution in [3.63, 3.8) is 0 Å². The molecule has 0 fully saturated rings. The molecule has 1 heterocycles. The number of sulfonamides is 1. The summed E-state index contributed by atoms with van der Waals surface area (Å²) in [6, 6.07) is 4.84. The van der Waals surface area contributed by atoms with Crippen molar-refractivity contribution in [3.8, 4) is 0 Å². The molecule has 2 N–H and O–H groups in total. The van der Waals surface area contributed by atoms with Crippen LogP contribution in [0.2, 0.25) is 0 Å². The Kier molecular flexibility index (Phi) is 4.57. The van der Waals surface area contributed by atoms with Gasteiger partial charge < -0.3 is 0 Å². The lowest BCUT2D eigenvalue weighted by Crippen LogP contribution is -2.30. The smallest absolute Gasteiger partial charge is 0.292 e. The molecule has 2 rings (SSSR count). The average molecular weight is 349 g/mol. The molecule has 0 aliphatic rings. The number of rotatable bonds is 4. The summed E-state index contributed by atoms with van der Waals surface area (Å²) in [4.78, 5) is 5.26. The van der Waals surface area contributed by atoms with Gasteiger partial charge in [0.05, 0.1) is 10.5 Å². The number of anilines is 1. The SMILES string of the molecule is Cc1cc(F)ccc1S(=O)(=O)NNc1ccc(C(F)(F)F)cn1. The van der Waals surface area contributed by atoms with E-state index in [-0.39, 0.29) is 16.3 Å². The molecule has 0 aliphatic heterocycles. The van der Waals surface area contributed by atoms with E-state index < -0.39 is 27.6 Å². The Morgan fingerprint density at radius 3 is 2.35 bits per heavy atom. The van der Waals surface area contributed by atoms with Crippen LogP contribution in [0.1, 0.15) is 11.1 Å². The monoisotopic (exact) mass is 349 g/mol. The Morgan fingerprint density at radius 2 is 1.83 bits per heavy atom. The molecule has 124 valence electrons. The summed E-state index contributed by atoms with van der Waals surface area (Å²) < 4.78 is 74.3. The predicted molar refractivity (Wildman–Crippen MR) is 74.3 cm³/mol. The first-order valence-electron chi connectivity index (χ1n) is 6.17. The second-order valence-electron chi connectivity index (χ2n) is 4.57. The molecule has 2 aromatic rings. The number of hydrazine groups is 1.